The molecule has 25 heavy (non-hydrogen) atoms. The lowest BCUT2D eigenvalue weighted by Gasteiger charge is -2.17. The van der Waals surface area contributed by atoms with Crippen molar-refractivity contribution in [2.45, 2.75) is 32.1 Å². The summed E-state index contributed by atoms with van der Waals surface area (Å²) in [5, 5.41) is 3.07. The number of ether oxygens (including phenoxy) is 2. The van der Waals surface area contributed by atoms with Gasteiger partial charge in [-0.3, -0.25) is 4.79 Å². The van der Waals surface area contributed by atoms with Crippen LogP contribution >= 0.6 is 0 Å². The maximum atomic E-state index is 12.6. The molecule has 134 valence electrons. The molecule has 0 bridgehead atoms. The number of methoxy groups -OCH3 is 2. The second kappa shape index (κ2) is 9.72. The molecule has 0 heterocycles. The molecule has 0 saturated carbocycles. The van der Waals surface area contributed by atoms with E-state index in [1.807, 2.05) is 48.5 Å². The first-order valence-electron chi connectivity index (χ1n) is 8.73. The van der Waals surface area contributed by atoms with Crippen LogP contribution in [0.25, 0.3) is 0 Å². The highest BCUT2D eigenvalue weighted by Gasteiger charge is 2.19. The van der Waals surface area contributed by atoms with Gasteiger partial charge in [-0.15, -0.1) is 0 Å². The number of benzene rings is 2. The van der Waals surface area contributed by atoms with Crippen LogP contribution in [0.1, 0.15) is 36.8 Å². The van der Waals surface area contributed by atoms with Crippen molar-refractivity contribution in [3.63, 3.8) is 0 Å². The zero-order valence-corrected chi connectivity index (χ0v) is 15.2. The predicted molar refractivity (Wildman–Crippen MR) is 100 cm³/mol. The van der Waals surface area contributed by atoms with Gasteiger partial charge in [0.15, 0.2) is 11.5 Å². The van der Waals surface area contributed by atoms with E-state index in [1.54, 1.807) is 14.2 Å². The SMILES string of the molecule is CCCC(C(=O)NCCc1ccc(OC)c(OC)c1)c1ccccc1. The fraction of sp³-hybridized carbons (Fsp3) is 0.381. The number of hydrogen-bond donors (Lipinski definition) is 1. The molecule has 2 aromatic carbocycles. The van der Waals surface area contributed by atoms with Crippen LogP contribution in [-0.2, 0) is 11.2 Å². The van der Waals surface area contributed by atoms with Gasteiger partial charge in [-0.25, -0.2) is 0 Å². The smallest absolute Gasteiger partial charge is 0.227 e. The molecule has 2 rings (SSSR count). The first-order chi connectivity index (χ1) is 12.2. The number of hydrogen-bond acceptors (Lipinski definition) is 3. The number of carbonyl (C=O) groups is 1. The van der Waals surface area contributed by atoms with Gasteiger partial charge in [0.2, 0.25) is 5.91 Å². The number of nitrogens with one attached hydrogen (secondary N) is 1. The summed E-state index contributed by atoms with van der Waals surface area (Å²) in [7, 11) is 3.24. The molecule has 1 amide bonds. The normalized spacial score (nSPS) is 11.6. The Morgan fingerprint density at radius 2 is 1.76 bits per heavy atom. The molecule has 0 aromatic heterocycles. The molecule has 4 nitrogen and oxygen atoms in total. The lowest BCUT2D eigenvalue weighted by molar-refractivity contribution is -0.122. The molecule has 4 heteroatoms. The van der Waals surface area contributed by atoms with E-state index in [-0.39, 0.29) is 11.8 Å². The van der Waals surface area contributed by atoms with Crippen LogP contribution in [0.4, 0.5) is 0 Å². The maximum Gasteiger partial charge on any atom is 0.227 e. The van der Waals surface area contributed by atoms with Gasteiger partial charge in [-0.1, -0.05) is 49.7 Å². The topological polar surface area (TPSA) is 47.6 Å². The third-order valence-electron chi connectivity index (χ3n) is 4.26. The van der Waals surface area contributed by atoms with E-state index in [0.29, 0.717) is 18.0 Å². The van der Waals surface area contributed by atoms with E-state index in [4.69, 9.17) is 9.47 Å². The number of amides is 1. The van der Waals surface area contributed by atoms with Crippen molar-refractivity contribution < 1.29 is 14.3 Å². The molecular weight excluding hydrogens is 314 g/mol. The summed E-state index contributed by atoms with van der Waals surface area (Å²) in [6.45, 7) is 2.70. The lowest BCUT2D eigenvalue weighted by atomic mass is 9.93. The highest BCUT2D eigenvalue weighted by Crippen LogP contribution is 2.27. The molecule has 0 radical (unpaired) electrons. The predicted octanol–water partition coefficient (Wildman–Crippen LogP) is 3.95. The van der Waals surface area contributed by atoms with Crippen molar-refractivity contribution in [1.82, 2.24) is 5.32 Å². The molecule has 2 aromatic rings. The monoisotopic (exact) mass is 341 g/mol. The summed E-state index contributed by atoms with van der Waals surface area (Å²) in [6.07, 6.45) is 2.58. The van der Waals surface area contributed by atoms with Crippen LogP contribution in [0.2, 0.25) is 0 Å². The van der Waals surface area contributed by atoms with Crippen molar-refractivity contribution in [3.8, 4) is 11.5 Å². The molecule has 1 unspecified atom stereocenters. The molecule has 0 saturated heterocycles. The lowest BCUT2D eigenvalue weighted by Crippen LogP contribution is -2.31. The van der Waals surface area contributed by atoms with Gasteiger partial charge in [0.25, 0.3) is 0 Å². The number of carbonyl (C=O) groups excluding carboxylic acids is 1. The summed E-state index contributed by atoms with van der Waals surface area (Å²) in [6, 6.07) is 15.8. The molecule has 1 atom stereocenters. The Morgan fingerprint density at radius 3 is 2.40 bits per heavy atom. The number of rotatable bonds is 9. The summed E-state index contributed by atoms with van der Waals surface area (Å²) in [4.78, 5) is 12.6. The van der Waals surface area contributed by atoms with Gasteiger partial charge in [0.1, 0.15) is 0 Å². The molecule has 1 N–H and O–H groups in total. The summed E-state index contributed by atoms with van der Waals surface area (Å²) in [5.74, 6) is 1.42. The van der Waals surface area contributed by atoms with Gasteiger partial charge in [0, 0.05) is 6.54 Å². The van der Waals surface area contributed by atoms with Crippen LogP contribution in [0.15, 0.2) is 48.5 Å². The molecular formula is C21H27NO3. The third kappa shape index (κ3) is 5.24. The third-order valence-corrected chi connectivity index (χ3v) is 4.26. The molecule has 0 spiro atoms. The molecule has 0 aliphatic rings. The zero-order chi connectivity index (χ0) is 18.1. The van der Waals surface area contributed by atoms with Gasteiger partial charge >= 0.3 is 0 Å². The van der Waals surface area contributed by atoms with E-state index in [9.17, 15) is 4.79 Å². The van der Waals surface area contributed by atoms with E-state index in [2.05, 4.69) is 12.2 Å². The summed E-state index contributed by atoms with van der Waals surface area (Å²) in [5.41, 5.74) is 2.18. The summed E-state index contributed by atoms with van der Waals surface area (Å²) >= 11 is 0. The van der Waals surface area contributed by atoms with E-state index < -0.39 is 0 Å². The maximum absolute atomic E-state index is 12.6. The zero-order valence-electron chi connectivity index (χ0n) is 15.2. The van der Waals surface area contributed by atoms with Crippen molar-refractivity contribution >= 4 is 5.91 Å². The Kier molecular flexibility index (Phi) is 7.33. The highest BCUT2D eigenvalue weighted by molar-refractivity contribution is 5.83. The minimum absolute atomic E-state index is 0.0865. The van der Waals surface area contributed by atoms with Crippen molar-refractivity contribution in [1.29, 1.82) is 0 Å². The van der Waals surface area contributed by atoms with Gasteiger partial charge in [-0.2, -0.15) is 0 Å². The van der Waals surface area contributed by atoms with Gasteiger partial charge in [0.05, 0.1) is 20.1 Å². The van der Waals surface area contributed by atoms with Crippen molar-refractivity contribution in [2.75, 3.05) is 20.8 Å². The van der Waals surface area contributed by atoms with E-state index in [0.717, 1.165) is 30.4 Å². The van der Waals surface area contributed by atoms with Crippen molar-refractivity contribution in [3.05, 3.63) is 59.7 Å². The second-order valence-electron chi connectivity index (χ2n) is 5.98. The average Bonchev–Trinajstić information content (AvgIpc) is 2.66. The minimum atomic E-state index is -0.0865. The minimum Gasteiger partial charge on any atom is -0.493 e. The van der Waals surface area contributed by atoms with Gasteiger partial charge < -0.3 is 14.8 Å². The van der Waals surface area contributed by atoms with Crippen LogP contribution in [0.3, 0.4) is 0 Å². The van der Waals surface area contributed by atoms with Crippen molar-refractivity contribution in [2.24, 2.45) is 0 Å². The second-order valence-corrected chi connectivity index (χ2v) is 5.98. The molecule has 0 fully saturated rings. The van der Waals surface area contributed by atoms with Crippen LogP contribution < -0.4 is 14.8 Å². The molecule has 0 aliphatic carbocycles. The Labute approximate surface area is 150 Å². The van der Waals surface area contributed by atoms with E-state index >= 15 is 0 Å². The first kappa shape index (κ1) is 18.8. The Bertz CT molecular complexity index is 670. The van der Waals surface area contributed by atoms with Crippen LogP contribution in [-0.4, -0.2) is 26.7 Å². The Hall–Kier alpha value is -2.49. The average molecular weight is 341 g/mol. The Balaban J connectivity index is 1.94. The standard InChI is InChI=1S/C21H27NO3/c1-4-8-18(17-9-6-5-7-10-17)21(23)22-14-13-16-11-12-19(24-2)20(15-16)25-3/h5-7,9-12,15,18H,4,8,13-14H2,1-3H3,(H,22,23). The fourth-order valence-electron chi connectivity index (χ4n) is 2.91. The quantitative estimate of drug-likeness (QED) is 0.751. The fourth-order valence-corrected chi connectivity index (χ4v) is 2.91. The van der Waals surface area contributed by atoms with Crippen LogP contribution in [0.5, 0.6) is 11.5 Å². The largest absolute Gasteiger partial charge is 0.493 e. The van der Waals surface area contributed by atoms with Gasteiger partial charge in [-0.05, 0) is 36.1 Å². The molecule has 0 aliphatic heterocycles. The van der Waals surface area contributed by atoms with Crippen LogP contribution in [0, 0.1) is 0 Å². The highest BCUT2D eigenvalue weighted by atomic mass is 16.5. The first-order valence-corrected chi connectivity index (χ1v) is 8.73. The summed E-state index contributed by atoms with van der Waals surface area (Å²) < 4.78 is 10.6. The van der Waals surface area contributed by atoms with E-state index in [1.165, 1.54) is 0 Å². The Morgan fingerprint density at radius 1 is 1.04 bits per heavy atom.